The Morgan fingerprint density at radius 3 is 2.50 bits per heavy atom. The Kier molecular flexibility index (Phi) is 4.48. The normalized spacial score (nSPS) is 21.4. The first kappa shape index (κ1) is 15.0. The third-order valence-electron chi connectivity index (χ3n) is 3.54. The fourth-order valence-corrected chi connectivity index (χ4v) is 4.58. The first-order chi connectivity index (χ1) is 9.34. The predicted octanol–water partition coefficient (Wildman–Crippen LogP) is 2.46. The average Bonchev–Trinajstić information content (AvgIpc) is 2.25. The number of aryl methyl sites for hydroxylation is 2. The Balaban J connectivity index is 1.95. The average molecular weight is 295 g/mol. The van der Waals surface area contributed by atoms with E-state index in [1.165, 1.54) is 0 Å². The molecule has 4 nitrogen and oxygen atoms in total. The molecule has 1 aromatic rings. The van der Waals surface area contributed by atoms with Crippen molar-refractivity contribution in [2.45, 2.75) is 33.1 Å². The number of hydrogen-bond acceptors (Lipinski definition) is 3. The van der Waals surface area contributed by atoms with E-state index < -0.39 is 9.84 Å². The van der Waals surface area contributed by atoms with Gasteiger partial charge < -0.3 is 5.32 Å². The summed E-state index contributed by atoms with van der Waals surface area (Å²) in [6.07, 6.45) is 1.77. The van der Waals surface area contributed by atoms with E-state index in [4.69, 9.17) is 0 Å². The van der Waals surface area contributed by atoms with Crippen molar-refractivity contribution in [3.63, 3.8) is 0 Å². The molecule has 110 valence electrons. The maximum Gasteiger partial charge on any atom is 0.224 e. The van der Waals surface area contributed by atoms with E-state index in [0.717, 1.165) is 23.2 Å². The number of anilines is 1. The van der Waals surface area contributed by atoms with Crippen LogP contribution in [0.5, 0.6) is 0 Å². The van der Waals surface area contributed by atoms with Gasteiger partial charge in [0.05, 0.1) is 11.5 Å². The second kappa shape index (κ2) is 5.95. The molecule has 1 aliphatic heterocycles. The lowest BCUT2D eigenvalue weighted by atomic mass is 10.0. The summed E-state index contributed by atoms with van der Waals surface area (Å²) < 4.78 is 23.1. The van der Waals surface area contributed by atoms with Crippen molar-refractivity contribution in [2.75, 3.05) is 16.8 Å². The van der Waals surface area contributed by atoms with Gasteiger partial charge in [-0.3, -0.25) is 4.79 Å². The summed E-state index contributed by atoms with van der Waals surface area (Å²) in [5.74, 6) is 0.270. The van der Waals surface area contributed by atoms with E-state index >= 15 is 0 Å². The Bertz CT molecular complexity index is 587. The number of benzene rings is 1. The zero-order chi connectivity index (χ0) is 14.8. The molecule has 1 heterocycles. The topological polar surface area (TPSA) is 63.2 Å². The zero-order valence-corrected chi connectivity index (χ0v) is 12.8. The van der Waals surface area contributed by atoms with Gasteiger partial charge in [0, 0.05) is 12.1 Å². The highest BCUT2D eigenvalue weighted by molar-refractivity contribution is 7.91. The van der Waals surface area contributed by atoms with Crippen molar-refractivity contribution in [3.8, 4) is 0 Å². The van der Waals surface area contributed by atoms with Gasteiger partial charge in [0.15, 0.2) is 9.84 Å². The molecule has 1 unspecified atom stereocenters. The second-order valence-electron chi connectivity index (χ2n) is 5.75. The monoisotopic (exact) mass is 295 g/mol. The van der Waals surface area contributed by atoms with Crippen LogP contribution in [-0.2, 0) is 14.6 Å². The number of amides is 1. The van der Waals surface area contributed by atoms with E-state index in [2.05, 4.69) is 5.32 Å². The van der Waals surface area contributed by atoms with Crippen molar-refractivity contribution in [1.29, 1.82) is 0 Å². The van der Waals surface area contributed by atoms with E-state index in [1.54, 1.807) is 0 Å². The van der Waals surface area contributed by atoms with Crippen LogP contribution in [0.25, 0.3) is 0 Å². The molecule has 0 aromatic heterocycles. The molecule has 1 aromatic carbocycles. The summed E-state index contributed by atoms with van der Waals surface area (Å²) in [5, 5.41) is 2.86. The number of carbonyl (C=O) groups is 1. The number of sulfone groups is 1. The number of rotatable bonds is 3. The molecule has 0 spiro atoms. The summed E-state index contributed by atoms with van der Waals surface area (Å²) >= 11 is 0. The zero-order valence-electron chi connectivity index (χ0n) is 12.0. The molecule has 1 amide bonds. The van der Waals surface area contributed by atoms with E-state index in [0.29, 0.717) is 6.42 Å². The number of hydrogen-bond donors (Lipinski definition) is 1. The Morgan fingerprint density at radius 2 is 1.90 bits per heavy atom. The van der Waals surface area contributed by atoms with Crippen LogP contribution in [-0.4, -0.2) is 25.8 Å². The van der Waals surface area contributed by atoms with Crippen LogP contribution in [0.3, 0.4) is 0 Å². The minimum atomic E-state index is -2.94. The van der Waals surface area contributed by atoms with Gasteiger partial charge in [-0.05, 0) is 55.9 Å². The first-order valence-electron chi connectivity index (χ1n) is 6.93. The fourth-order valence-electron chi connectivity index (χ4n) is 2.80. The van der Waals surface area contributed by atoms with Gasteiger partial charge in [-0.25, -0.2) is 8.42 Å². The molecular formula is C15H21NO3S. The molecule has 20 heavy (non-hydrogen) atoms. The van der Waals surface area contributed by atoms with Crippen molar-refractivity contribution in [2.24, 2.45) is 5.92 Å². The van der Waals surface area contributed by atoms with Crippen LogP contribution >= 0.6 is 0 Å². The molecule has 0 bridgehead atoms. The Labute approximate surface area is 120 Å². The van der Waals surface area contributed by atoms with Crippen LogP contribution in [0.4, 0.5) is 5.69 Å². The lowest BCUT2D eigenvalue weighted by Gasteiger charge is -2.21. The predicted molar refractivity (Wildman–Crippen MR) is 80.5 cm³/mol. The first-order valence-corrected chi connectivity index (χ1v) is 8.75. The van der Waals surface area contributed by atoms with E-state index in [-0.39, 0.29) is 29.8 Å². The molecule has 2 rings (SSSR count). The fraction of sp³-hybridized carbons (Fsp3) is 0.533. The highest BCUT2D eigenvalue weighted by atomic mass is 32.2. The lowest BCUT2D eigenvalue weighted by Crippen LogP contribution is -2.28. The number of carbonyl (C=O) groups excluding carboxylic acids is 1. The highest BCUT2D eigenvalue weighted by Crippen LogP contribution is 2.22. The molecule has 1 fully saturated rings. The third kappa shape index (κ3) is 4.34. The number of nitrogens with one attached hydrogen (secondary N) is 1. The summed E-state index contributed by atoms with van der Waals surface area (Å²) in [4.78, 5) is 12.0. The molecule has 0 saturated carbocycles. The maximum atomic E-state index is 12.0. The van der Waals surface area contributed by atoms with Gasteiger partial charge >= 0.3 is 0 Å². The molecule has 1 saturated heterocycles. The van der Waals surface area contributed by atoms with Crippen LogP contribution in [0.2, 0.25) is 0 Å². The summed E-state index contributed by atoms with van der Waals surface area (Å²) in [6, 6.07) is 5.88. The van der Waals surface area contributed by atoms with Crippen molar-refractivity contribution >= 4 is 21.4 Å². The minimum absolute atomic E-state index is 0.0420. The SMILES string of the molecule is Cc1cc(C)cc(NC(=O)CC2CCCS(=O)(=O)C2)c1. The van der Waals surface area contributed by atoms with Crippen LogP contribution in [0, 0.1) is 19.8 Å². The lowest BCUT2D eigenvalue weighted by molar-refractivity contribution is -0.117. The Hall–Kier alpha value is -1.36. The Morgan fingerprint density at radius 1 is 1.25 bits per heavy atom. The molecule has 0 radical (unpaired) electrons. The maximum absolute atomic E-state index is 12.0. The quantitative estimate of drug-likeness (QED) is 0.931. The minimum Gasteiger partial charge on any atom is -0.326 e. The third-order valence-corrected chi connectivity index (χ3v) is 5.43. The smallest absolute Gasteiger partial charge is 0.224 e. The van der Waals surface area contributed by atoms with E-state index in [9.17, 15) is 13.2 Å². The molecule has 1 atom stereocenters. The summed E-state index contributed by atoms with van der Waals surface area (Å²) in [5.41, 5.74) is 2.98. The van der Waals surface area contributed by atoms with E-state index in [1.807, 2.05) is 32.0 Å². The van der Waals surface area contributed by atoms with Gasteiger partial charge in [0.1, 0.15) is 0 Å². The molecule has 1 aliphatic rings. The van der Waals surface area contributed by atoms with Crippen LogP contribution in [0.1, 0.15) is 30.4 Å². The van der Waals surface area contributed by atoms with Crippen LogP contribution < -0.4 is 5.32 Å². The molecule has 5 heteroatoms. The largest absolute Gasteiger partial charge is 0.326 e. The molecule has 0 aliphatic carbocycles. The molecular weight excluding hydrogens is 274 g/mol. The highest BCUT2D eigenvalue weighted by Gasteiger charge is 2.26. The standard InChI is InChI=1S/C15H21NO3S/c1-11-6-12(2)8-14(7-11)16-15(17)9-13-4-3-5-20(18,19)10-13/h6-8,13H,3-5,9-10H2,1-2H3,(H,16,17). The summed E-state index contributed by atoms with van der Waals surface area (Å²) in [6.45, 7) is 3.97. The van der Waals surface area contributed by atoms with Crippen molar-refractivity contribution in [1.82, 2.24) is 0 Å². The molecule has 1 N–H and O–H groups in total. The van der Waals surface area contributed by atoms with Gasteiger partial charge in [-0.15, -0.1) is 0 Å². The van der Waals surface area contributed by atoms with Gasteiger partial charge in [0.2, 0.25) is 5.91 Å². The van der Waals surface area contributed by atoms with Crippen molar-refractivity contribution < 1.29 is 13.2 Å². The van der Waals surface area contributed by atoms with Gasteiger partial charge in [0.25, 0.3) is 0 Å². The van der Waals surface area contributed by atoms with Gasteiger partial charge in [-0.1, -0.05) is 6.07 Å². The second-order valence-corrected chi connectivity index (χ2v) is 7.98. The van der Waals surface area contributed by atoms with Crippen molar-refractivity contribution in [3.05, 3.63) is 29.3 Å². The summed E-state index contributed by atoms with van der Waals surface area (Å²) in [7, 11) is -2.94. The van der Waals surface area contributed by atoms with Crippen LogP contribution in [0.15, 0.2) is 18.2 Å². The van der Waals surface area contributed by atoms with Gasteiger partial charge in [-0.2, -0.15) is 0 Å².